The Bertz CT molecular complexity index is 225. The van der Waals surface area contributed by atoms with Gasteiger partial charge in [-0.05, 0) is 0 Å². The maximum absolute atomic E-state index is 9.85. The summed E-state index contributed by atoms with van der Waals surface area (Å²) in [6.45, 7) is 2.94. The molecule has 0 spiro atoms. The van der Waals surface area contributed by atoms with E-state index in [0.29, 0.717) is 0 Å². The van der Waals surface area contributed by atoms with Crippen molar-refractivity contribution in [3.63, 3.8) is 0 Å². The van der Waals surface area contributed by atoms with Crippen LogP contribution in [0, 0.1) is 0 Å². The van der Waals surface area contributed by atoms with Gasteiger partial charge in [-0.2, -0.15) is 0 Å². The van der Waals surface area contributed by atoms with Crippen molar-refractivity contribution in [3.8, 4) is 0 Å². The molecule has 0 aliphatic carbocycles. The number of rotatable bonds is 4. The first-order valence-corrected chi connectivity index (χ1v) is 3.85. The van der Waals surface area contributed by atoms with E-state index in [-0.39, 0.29) is 72.0 Å². The predicted molar refractivity (Wildman–Crippen MR) is 40.6 cm³/mol. The Balaban J connectivity index is -0.0000000800. The number of ketones is 2. The van der Waals surface area contributed by atoms with E-state index >= 15 is 0 Å². The van der Waals surface area contributed by atoms with Gasteiger partial charge in [-0.3, -0.25) is 9.59 Å². The minimum absolute atomic E-state index is 0. The summed E-state index contributed by atoms with van der Waals surface area (Å²) < 4.78 is 0. The summed E-state index contributed by atoms with van der Waals surface area (Å²) in [5.74, 6) is -4.88. The van der Waals surface area contributed by atoms with Gasteiger partial charge in [-0.1, -0.05) is 13.8 Å². The molecule has 0 saturated heterocycles. The summed E-state index contributed by atoms with van der Waals surface area (Å²) in [5.41, 5.74) is 0. The van der Waals surface area contributed by atoms with Crippen LogP contribution in [0.2, 0.25) is 0 Å². The van der Waals surface area contributed by atoms with Crippen molar-refractivity contribution in [2.45, 2.75) is 26.7 Å². The van der Waals surface area contributed by atoms with Crippen molar-refractivity contribution in [2.75, 3.05) is 0 Å². The number of Topliss-reactive ketones (excluding diaryl/α,β-unsaturated/α-hetero) is 2. The van der Waals surface area contributed by atoms with Gasteiger partial charge in [0.05, 0.1) is 0 Å². The molecule has 16 heavy (non-hydrogen) atoms. The van der Waals surface area contributed by atoms with Crippen molar-refractivity contribution < 1.29 is 88.5 Å². The molecule has 0 rings (SSSR count). The fourth-order valence-corrected chi connectivity index (χ4v) is 0.289. The molecule has 0 atom stereocenters. The normalized spacial score (nSPS) is 7.12. The molecule has 0 bridgehead atoms. The van der Waals surface area contributed by atoms with E-state index < -0.39 is 23.5 Å². The van der Waals surface area contributed by atoms with Crippen LogP contribution < -0.4 is 69.3 Å². The van der Waals surface area contributed by atoms with Crippen LogP contribution in [-0.2, 0) is 19.2 Å². The third-order valence-electron chi connectivity index (χ3n) is 1.10. The zero-order chi connectivity index (χ0) is 11.7. The molecule has 0 fully saturated rings. The van der Waals surface area contributed by atoms with Crippen molar-refractivity contribution in [2.24, 2.45) is 0 Å². The van der Waals surface area contributed by atoms with Gasteiger partial charge in [0.15, 0.2) is 11.6 Å². The first-order chi connectivity index (χ1) is 6.36. The van der Waals surface area contributed by atoms with Crippen molar-refractivity contribution in [1.29, 1.82) is 0 Å². The molecule has 0 N–H and O–H groups in total. The average Bonchev–Trinajstić information content (AvgIpc) is 2.15. The van der Waals surface area contributed by atoms with Crippen LogP contribution >= 0.6 is 0 Å². The molecule has 0 aromatic rings. The zero-order valence-electron chi connectivity index (χ0n) is 9.86. The Kier molecular flexibility index (Phi) is 24.1. The second-order valence-corrected chi connectivity index (χ2v) is 2.13. The van der Waals surface area contributed by atoms with Crippen LogP contribution in [0.25, 0.3) is 0 Å². The van der Waals surface area contributed by atoms with Crippen LogP contribution in [0.1, 0.15) is 26.7 Å². The molecule has 0 aromatic heterocycles. The van der Waals surface area contributed by atoms with Gasteiger partial charge in [-0.15, -0.1) is 0 Å². The summed E-state index contributed by atoms with van der Waals surface area (Å²) in [7, 11) is 0. The van der Waals surface area contributed by atoms with Crippen molar-refractivity contribution in [1.82, 2.24) is 0 Å². The Morgan fingerprint density at radius 2 is 0.938 bits per heavy atom. The van der Waals surface area contributed by atoms with Crippen LogP contribution in [0.3, 0.4) is 0 Å². The van der Waals surface area contributed by atoms with Crippen LogP contribution in [-0.4, -0.2) is 23.5 Å². The molecule has 80 valence electrons. The van der Waals surface area contributed by atoms with Gasteiger partial charge in [0.2, 0.25) is 0 Å². The van der Waals surface area contributed by atoms with Gasteiger partial charge in [-0.25, -0.2) is 0 Å². The molecule has 0 aliphatic rings. The van der Waals surface area contributed by atoms with Crippen LogP contribution in [0.4, 0.5) is 0 Å². The summed E-state index contributed by atoms with van der Waals surface area (Å²) in [6.07, 6.45) is 0.0324. The summed E-state index contributed by atoms with van der Waals surface area (Å²) in [6, 6.07) is 0. The number of aliphatic carboxylic acids is 2. The minimum atomic E-state index is -1.59. The monoisotopic (exact) mass is 248 g/mol. The molecular weight excluding hydrogens is 238 g/mol. The number of hydrogen-bond acceptors (Lipinski definition) is 6. The average molecular weight is 248 g/mol. The van der Waals surface area contributed by atoms with Gasteiger partial charge in [0.25, 0.3) is 0 Å². The number of carbonyl (C=O) groups excluding carboxylic acids is 4. The number of carboxylic acids is 2. The standard InChI is InChI=1S/2C4H6O3.2Na/c2*1-2-3(5)4(6)7;;/h2*2H2,1H3,(H,6,7);;/q;;2*+1/p-2. The Morgan fingerprint density at radius 3 is 0.938 bits per heavy atom. The SMILES string of the molecule is CCC(=O)C(=O)[O-].CCC(=O)C(=O)[O-].[Na+].[Na+]. The summed E-state index contributed by atoms with van der Waals surface area (Å²) in [5, 5.41) is 18.9. The van der Waals surface area contributed by atoms with Gasteiger partial charge in [0.1, 0.15) is 11.9 Å². The largest absolute Gasteiger partial charge is 1.00 e. The first-order valence-electron chi connectivity index (χ1n) is 3.85. The third kappa shape index (κ3) is 16.7. The maximum Gasteiger partial charge on any atom is 1.00 e. The number of hydrogen-bond donors (Lipinski definition) is 0. The molecule has 0 radical (unpaired) electrons. The second-order valence-electron chi connectivity index (χ2n) is 2.13. The Labute approximate surface area is 137 Å². The van der Waals surface area contributed by atoms with Crippen LogP contribution in [0.15, 0.2) is 0 Å². The first kappa shape index (κ1) is 25.2. The summed E-state index contributed by atoms with van der Waals surface area (Å²) >= 11 is 0. The van der Waals surface area contributed by atoms with E-state index in [1.165, 1.54) is 13.8 Å². The summed E-state index contributed by atoms with van der Waals surface area (Å²) in [4.78, 5) is 38.6. The molecule has 6 nitrogen and oxygen atoms in total. The molecule has 0 heterocycles. The molecule has 8 heteroatoms. The van der Waals surface area contributed by atoms with Gasteiger partial charge < -0.3 is 19.8 Å². The molecule has 0 amide bonds. The Hall–Kier alpha value is 0.280. The van der Waals surface area contributed by atoms with E-state index in [4.69, 9.17) is 0 Å². The fraction of sp³-hybridized carbons (Fsp3) is 0.500. The molecule has 0 saturated carbocycles. The van der Waals surface area contributed by atoms with E-state index in [1.807, 2.05) is 0 Å². The smallest absolute Gasteiger partial charge is 0.542 e. The maximum atomic E-state index is 9.85. The van der Waals surface area contributed by atoms with E-state index in [9.17, 15) is 29.4 Å². The molecular formula is C8H10Na2O6. The van der Waals surface area contributed by atoms with Crippen molar-refractivity contribution in [3.05, 3.63) is 0 Å². The number of carboxylic acid groups (broad SMARTS) is 2. The Morgan fingerprint density at radius 1 is 0.750 bits per heavy atom. The van der Waals surface area contributed by atoms with Gasteiger partial charge in [0, 0.05) is 12.8 Å². The minimum Gasteiger partial charge on any atom is -0.542 e. The third-order valence-corrected chi connectivity index (χ3v) is 1.10. The molecule has 0 unspecified atom stereocenters. The van der Waals surface area contributed by atoms with Gasteiger partial charge >= 0.3 is 59.1 Å². The quantitative estimate of drug-likeness (QED) is 0.360. The fourth-order valence-electron chi connectivity index (χ4n) is 0.289. The van der Waals surface area contributed by atoms with E-state index in [0.717, 1.165) is 0 Å². The number of carbonyl (C=O) groups is 4. The van der Waals surface area contributed by atoms with E-state index in [2.05, 4.69) is 0 Å². The van der Waals surface area contributed by atoms with E-state index in [1.54, 1.807) is 0 Å². The second kappa shape index (κ2) is 15.3. The molecule has 0 aromatic carbocycles. The predicted octanol–water partition coefficient (Wildman–Crippen LogP) is -8.56. The van der Waals surface area contributed by atoms with Crippen LogP contribution in [0.5, 0.6) is 0 Å². The van der Waals surface area contributed by atoms with Crippen molar-refractivity contribution >= 4 is 23.5 Å². The zero-order valence-corrected chi connectivity index (χ0v) is 13.9. The molecule has 0 aliphatic heterocycles. The topological polar surface area (TPSA) is 114 Å².